The molecule has 2 bridgehead atoms. The Morgan fingerprint density at radius 3 is 2.40 bits per heavy atom. The van der Waals surface area contributed by atoms with Gasteiger partial charge in [-0.25, -0.2) is 9.59 Å². The Balaban J connectivity index is 1.43. The van der Waals surface area contributed by atoms with Crippen molar-refractivity contribution in [3.63, 3.8) is 0 Å². The summed E-state index contributed by atoms with van der Waals surface area (Å²) in [4.78, 5) is 48.7. The van der Waals surface area contributed by atoms with Gasteiger partial charge in [-0.15, -0.1) is 0 Å². The highest BCUT2D eigenvalue weighted by molar-refractivity contribution is 6.06. The Labute approximate surface area is 144 Å². The van der Waals surface area contributed by atoms with Crippen LogP contribution < -0.4 is 0 Å². The van der Waals surface area contributed by atoms with Crippen molar-refractivity contribution in [2.24, 2.45) is 23.7 Å². The number of aliphatic hydroxyl groups is 1. The smallest absolute Gasteiger partial charge is 0.347 e. The third-order valence-electron chi connectivity index (χ3n) is 5.10. The molecule has 0 radical (unpaired) electrons. The van der Waals surface area contributed by atoms with Gasteiger partial charge in [0.2, 0.25) is 11.8 Å². The summed E-state index contributed by atoms with van der Waals surface area (Å²) in [5.74, 6) is -1.97. The van der Waals surface area contributed by atoms with Crippen molar-refractivity contribution in [1.82, 2.24) is 4.90 Å². The van der Waals surface area contributed by atoms with E-state index in [1.807, 2.05) is 12.2 Å². The summed E-state index contributed by atoms with van der Waals surface area (Å²) in [6.07, 6.45) is 4.18. The fraction of sp³-hybridized carbons (Fsp3) is 0.647. The lowest BCUT2D eigenvalue weighted by Gasteiger charge is -2.17. The number of allylic oxidation sites excluding steroid dienone is 2. The number of carbonyl (C=O) groups excluding carboxylic acids is 4. The Kier molecular flexibility index (Phi) is 4.89. The van der Waals surface area contributed by atoms with Gasteiger partial charge in [-0.3, -0.25) is 14.5 Å². The number of rotatable bonds is 7. The SMILES string of the molecule is CC(OC(=O)CO)C(=O)OCCCN1C(=O)C2C3C=CC(C3)C2C1=O. The van der Waals surface area contributed by atoms with Crippen LogP contribution in [0.25, 0.3) is 0 Å². The highest BCUT2D eigenvalue weighted by Crippen LogP contribution is 2.52. The van der Waals surface area contributed by atoms with Gasteiger partial charge in [0.25, 0.3) is 0 Å². The van der Waals surface area contributed by atoms with E-state index >= 15 is 0 Å². The number of nitrogens with zero attached hydrogens (tertiary/aromatic N) is 1. The number of fused-ring (bicyclic) bond motifs is 5. The molecule has 8 heteroatoms. The molecule has 0 spiro atoms. The van der Waals surface area contributed by atoms with Crippen LogP contribution >= 0.6 is 0 Å². The Hall–Kier alpha value is -2.22. The highest BCUT2D eigenvalue weighted by atomic mass is 16.6. The van der Waals surface area contributed by atoms with E-state index in [-0.39, 0.29) is 48.6 Å². The number of aliphatic hydroxyl groups excluding tert-OH is 1. The zero-order valence-electron chi connectivity index (χ0n) is 13.9. The molecule has 0 aromatic heterocycles. The van der Waals surface area contributed by atoms with Gasteiger partial charge in [0.1, 0.15) is 6.61 Å². The number of carbonyl (C=O) groups is 4. The van der Waals surface area contributed by atoms with Crippen molar-refractivity contribution in [3.05, 3.63) is 12.2 Å². The number of amides is 2. The molecule has 2 aliphatic carbocycles. The molecular weight excluding hydrogens is 330 g/mol. The van der Waals surface area contributed by atoms with Crippen LogP contribution in [0.15, 0.2) is 12.2 Å². The predicted octanol–water partition coefficient (Wildman–Crippen LogP) is -0.349. The van der Waals surface area contributed by atoms with Crippen molar-refractivity contribution >= 4 is 23.8 Å². The maximum atomic E-state index is 12.5. The van der Waals surface area contributed by atoms with E-state index < -0.39 is 24.6 Å². The molecule has 1 saturated heterocycles. The first-order valence-electron chi connectivity index (χ1n) is 8.44. The summed E-state index contributed by atoms with van der Waals surface area (Å²) in [7, 11) is 0. The summed E-state index contributed by atoms with van der Waals surface area (Å²) in [5, 5.41) is 8.56. The van der Waals surface area contributed by atoms with Crippen LogP contribution in [0.3, 0.4) is 0 Å². The molecule has 3 aliphatic rings. The zero-order chi connectivity index (χ0) is 18.1. The summed E-state index contributed by atoms with van der Waals surface area (Å²) in [5.41, 5.74) is 0. The summed E-state index contributed by atoms with van der Waals surface area (Å²) >= 11 is 0. The van der Waals surface area contributed by atoms with E-state index in [9.17, 15) is 19.2 Å². The zero-order valence-corrected chi connectivity index (χ0v) is 13.9. The third kappa shape index (κ3) is 3.18. The van der Waals surface area contributed by atoms with Crippen LogP contribution in [-0.4, -0.2) is 59.6 Å². The number of likely N-dealkylation sites (tertiary alicyclic amines) is 1. The fourth-order valence-corrected chi connectivity index (χ4v) is 3.98. The molecule has 1 N–H and O–H groups in total. The van der Waals surface area contributed by atoms with Crippen LogP contribution in [0.4, 0.5) is 0 Å². The van der Waals surface area contributed by atoms with Crippen molar-refractivity contribution in [2.75, 3.05) is 19.8 Å². The van der Waals surface area contributed by atoms with Gasteiger partial charge in [0.05, 0.1) is 18.4 Å². The van der Waals surface area contributed by atoms with Crippen molar-refractivity contribution in [1.29, 1.82) is 0 Å². The van der Waals surface area contributed by atoms with E-state index in [1.54, 1.807) is 0 Å². The first-order valence-corrected chi connectivity index (χ1v) is 8.44. The first kappa shape index (κ1) is 17.6. The second-order valence-corrected chi connectivity index (χ2v) is 6.64. The van der Waals surface area contributed by atoms with Crippen LogP contribution in [0.1, 0.15) is 19.8 Å². The van der Waals surface area contributed by atoms with E-state index in [0.717, 1.165) is 6.42 Å². The lowest BCUT2D eigenvalue weighted by molar-refractivity contribution is -0.168. The van der Waals surface area contributed by atoms with Crippen LogP contribution in [-0.2, 0) is 28.7 Å². The molecule has 1 saturated carbocycles. The molecule has 5 unspecified atom stereocenters. The molecule has 2 amide bonds. The van der Waals surface area contributed by atoms with Gasteiger partial charge >= 0.3 is 11.9 Å². The summed E-state index contributed by atoms with van der Waals surface area (Å²) in [6, 6.07) is 0. The molecular formula is C17H21NO7. The lowest BCUT2D eigenvalue weighted by Crippen LogP contribution is -2.34. The van der Waals surface area contributed by atoms with E-state index in [1.165, 1.54) is 11.8 Å². The molecule has 2 fully saturated rings. The number of hydrogen-bond acceptors (Lipinski definition) is 7. The van der Waals surface area contributed by atoms with Crippen LogP contribution in [0.5, 0.6) is 0 Å². The fourth-order valence-electron chi connectivity index (χ4n) is 3.98. The topological polar surface area (TPSA) is 110 Å². The molecule has 0 aromatic carbocycles. The minimum Gasteiger partial charge on any atom is -0.463 e. The highest BCUT2D eigenvalue weighted by Gasteiger charge is 2.58. The van der Waals surface area contributed by atoms with E-state index in [2.05, 4.69) is 4.74 Å². The number of esters is 2. The summed E-state index contributed by atoms with van der Waals surface area (Å²) in [6.45, 7) is 0.753. The monoisotopic (exact) mass is 351 g/mol. The lowest BCUT2D eigenvalue weighted by atomic mass is 9.85. The maximum absolute atomic E-state index is 12.5. The molecule has 8 nitrogen and oxygen atoms in total. The second-order valence-electron chi connectivity index (χ2n) is 6.64. The van der Waals surface area contributed by atoms with Crippen molar-refractivity contribution < 1.29 is 33.8 Å². The van der Waals surface area contributed by atoms with Gasteiger partial charge in [-0.1, -0.05) is 12.2 Å². The summed E-state index contributed by atoms with van der Waals surface area (Å²) < 4.78 is 9.59. The van der Waals surface area contributed by atoms with Crippen molar-refractivity contribution in [2.45, 2.75) is 25.9 Å². The Morgan fingerprint density at radius 1 is 1.24 bits per heavy atom. The number of imide groups is 1. The number of hydrogen-bond donors (Lipinski definition) is 1. The molecule has 1 heterocycles. The normalized spacial score (nSPS) is 30.6. The second kappa shape index (κ2) is 6.95. The predicted molar refractivity (Wildman–Crippen MR) is 82.7 cm³/mol. The minimum atomic E-state index is -1.12. The Morgan fingerprint density at radius 2 is 1.84 bits per heavy atom. The Bertz CT molecular complexity index is 598. The minimum absolute atomic E-state index is 0.0113. The number of ether oxygens (including phenoxy) is 2. The average Bonchev–Trinajstić information content (AvgIpc) is 3.26. The maximum Gasteiger partial charge on any atom is 0.347 e. The first-order chi connectivity index (χ1) is 11.9. The third-order valence-corrected chi connectivity index (χ3v) is 5.10. The molecule has 25 heavy (non-hydrogen) atoms. The standard InChI is InChI=1S/C17H21NO7/c1-9(25-12(20)8-19)17(23)24-6-2-5-18-15(21)13-10-3-4-11(7-10)14(13)16(18)22/h3-4,9-11,13-14,19H,2,5-8H2,1H3. The van der Waals surface area contributed by atoms with Crippen LogP contribution in [0.2, 0.25) is 0 Å². The molecule has 0 aromatic rings. The quantitative estimate of drug-likeness (QED) is 0.289. The molecule has 1 aliphatic heterocycles. The van der Waals surface area contributed by atoms with Gasteiger partial charge in [0.15, 0.2) is 6.10 Å². The largest absolute Gasteiger partial charge is 0.463 e. The van der Waals surface area contributed by atoms with Gasteiger partial charge < -0.3 is 14.6 Å². The van der Waals surface area contributed by atoms with Gasteiger partial charge in [-0.05, 0) is 31.6 Å². The molecule has 5 atom stereocenters. The molecule has 136 valence electrons. The van der Waals surface area contributed by atoms with Crippen LogP contribution in [0, 0.1) is 23.7 Å². The van der Waals surface area contributed by atoms with Crippen molar-refractivity contribution in [3.8, 4) is 0 Å². The van der Waals surface area contributed by atoms with E-state index in [4.69, 9.17) is 9.84 Å². The van der Waals surface area contributed by atoms with E-state index in [0.29, 0.717) is 6.42 Å². The van der Waals surface area contributed by atoms with Gasteiger partial charge in [-0.2, -0.15) is 0 Å². The van der Waals surface area contributed by atoms with Gasteiger partial charge in [0, 0.05) is 6.54 Å². The average molecular weight is 351 g/mol. The molecule has 3 rings (SSSR count).